The molecule has 24 heavy (non-hydrogen) atoms. The normalized spacial score (nSPS) is 12.6. The first kappa shape index (κ1) is 15.0. The molecule has 120 valence electrons. The van der Waals surface area contributed by atoms with E-state index < -0.39 is 5.91 Å². The van der Waals surface area contributed by atoms with E-state index in [1.54, 1.807) is 0 Å². The molecule has 4 heteroatoms. The van der Waals surface area contributed by atoms with Crippen molar-refractivity contribution in [2.45, 2.75) is 19.8 Å². The summed E-state index contributed by atoms with van der Waals surface area (Å²) < 4.78 is 0. The van der Waals surface area contributed by atoms with Gasteiger partial charge in [0.2, 0.25) is 0 Å². The Morgan fingerprint density at radius 1 is 1.17 bits per heavy atom. The molecule has 3 N–H and O–H groups in total. The fourth-order valence-electron chi connectivity index (χ4n) is 3.64. The third-order valence-corrected chi connectivity index (χ3v) is 4.83. The van der Waals surface area contributed by atoms with E-state index in [0.29, 0.717) is 10.7 Å². The van der Waals surface area contributed by atoms with Crippen molar-refractivity contribution in [1.29, 1.82) is 0 Å². The van der Waals surface area contributed by atoms with Crippen LogP contribution < -0.4 is 5.73 Å². The topological polar surface area (TPSA) is 58.9 Å². The van der Waals surface area contributed by atoms with Crippen molar-refractivity contribution < 1.29 is 4.79 Å². The van der Waals surface area contributed by atoms with Crippen LogP contribution in [0.5, 0.6) is 0 Å². The molecule has 1 aliphatic carbocycles. The Kier molecular flexibility index (Phi) is 3.47. The van der Waals surface area contributed by atoms with Gasteiger partial charge in [0.25, 0.3) is 5.91 Å². The van der Waals surface area contributed by atoms with Crippen molar-refractivity contribution in [3.63, 3.8) is 0 Å². The number of carbonyl (C=O) groups excluding carboxylic acids is 1. The van der Waals surface area contributed by atoms with Gasteiger partial charge in [-0.3, -0.25) is 4.79 Å². The molecule has 0 aliphatic heterocycles. The number of primary amides is 1. The monoisotopic (exact) mass is 336 g/mol. The minimum Gasteiger partial charge on any atom is -0.364 e. The Balaban J connectivity index is 2.02. The van der Waals surface area contributed by atoms with Crippen LogP contribution in [-0.4, -0.2) is 10.9 Å². The summed E-state index contributed by atoms with van der Waals surface area (Å²) in [6.45, 7) is 1.99. The summed E-state index contributed by atoms with van der Waals surface area (Å²) in [6, 6.07) is 14.1. The summed E-state index contributed by atoms with van der Waals surface area (Å²) >= 11 is 6.24. The van der Waals surface area contributed by atoms with Gasteiger partial charge in [0, 0.05) is 16.1 Å². The number of fused-ring (bicyclic) bond motifs is 3. The van der Waals surface area contributed by atoms with E-state index in [0.717, 1.165) is 46.4 Å². The van der Waals surface area contributed by atoms with E-state index in [2.05, 4.69) is 17.1 Å². The van der Waals surface area contributed by atoms with Crippen LogP contribution in [0.1, 0.15) is 27.2 Å². The second kappa shape index (κ2) is 5.53. The summed E-state index contributed by atoms with van der Waals surface area (Å²) in [5.74, 6) is -0.450. The predicted molar refractivity (Wildman–Crippen MR) is 97.3 cm³/mol. The van der Waals surface area contributed by atoms with Crippen molar-refractivity contribution in [3.05, 3.63) is 69.9 Å². The average molecular weight is 337 g/mol. The van der Waals surface area contributed by atoms with E-state index in [9.17, 15) is 4.79 Å². The van der Waals surface area contributed by atoms with Crippen LogP contribution in [-0.2, 0) is 12.8 Å². The van der Waals surface area contributed by atoms with Crippen LogP contribution in [0, 0.1) is 6.92 Å². The third-order valence-electron chi connectivity index (χ3n) is 4.61. The molecule has 0 unspecified atom stereocenters. The number of aryl methyl sites for hydroxylation is 2. The highest BCUT2D eigenvalue weighted by atomic mass is 35.5. The largest absolute Gasteiger partial charge is 0.364 e. The molecule has 0 saturated carbocycles. The van der Waals surface area contributed by atoms with Gasteiger partial charge >= 0.3 is 0 Å². The molecule has 1 aromatic heterocycles. The molecular weight excluding hydrogens is 320 g/mol. The molecule has 0 bridgehead atoms. The number of H-pyrrole nitrogens is 1. The van der Waals surface area contributed by atoms with Gasteiger partial charge in [-0.15, -0.1) is 0 Å². The predicted octanol–water partition coefficient (Wildman–Crippen LogP) is 4.51. The van der Waals surface area contributed by atoms with E-state index in [4.69, 9.17) is 17.3 Å². The molecule has 1 aliphatic rings. The first-order valence-electron chi connectivity index (χ1n) is 7.95. The van der Waals surface area contributed by atoms with Gasteiger partial charge in [0.05, 0.1) is 5.69 Å². The Bertz CT molecular complexity index is 952. The Morgan fingerprint density at radius 2 is 1.96 bits per heavy atom. The van der Waals surface area contributed by atoms with Gasteiger partial charge in [-0.25, -0.2) is 0 Å². The summed E-state index contributed by atoms with van der Waals surface area (Å²) in [5.41, 5.74) is 13.6. The zero-order chi connectivity index (χ0) is 16.8. The number of carbonyl (C=O) groups is 1. The molecule has 0 fully saturated rings. The van der Waals surface area contributed by atoms with Crippen molar-refractivity contribution in [2.75, 3.05) is 0 Å². The first-order chi connectivity index (χ1) is 11.5. The lowest BCUT2D eigenvalue weighted by Crippen LogP contribution is -2.12. The lowest BCUT2D eigenvalue weighted by atomic mass is 9.86. The number of benzene rings is 2. The molecule has 3 aromatic rings. The Morgan fingerprint density at radius 3 is 2.71 bits per heavy atom. The van der Waals surface area contributed by atoms with Gasteiger partial charge < -0.3 is 10.7 Å². The molecule has 0 saturated heterocycles. The van der Waals surface area contributed by atoms with Crippen molar-refractivity contribution in [2.24, 2.45) is 5.73 Å². The van der Waals surface area contributed by atoms with Crippen LogP contribution >= 0.6 is 11.6 Å². The summed E-state index contributed by atoms with van der Waals surface area (Å²) in [5, 5.41) is 0.659. The second-order valence-corrected chi connectivity index (χ2v) is 6.70. The number of nitrogens with one attached hydrogen (secondary N) is 1. The molecule has 1 heterocycles. The summed E-state index contributed by atoms with van der Waals surface area (Å²) in [4.78, 5) is 15.3. The quantitative estimate of drug-likeness (QED) is 0.710. The fraction of sp³-hybridized carbons (Fsp3) is 0.150. The first-order valence-corrected chi connectivity index (χ1v) is 8.33. The third kappa shape index (κ3) is 2.33. The van der Waals surface area contributed by atoms with Gasteiger partial charge in [-0.2, -0.15) is 0 Å². The molecule has 2 aromatic carbocycles. The summed E-state index contributed by atoms with van der Waals surface area (Å²) in [7, 11) is 0. The van der Waals surface area contributed by atoms with Gasteiger partial charge in [-0.1, -0.05) is 41.9 Å². The number of rotatable bonds is 2. The van der Waals surface area contributed by atoms with Crippen molar-refractivity contribution >= 4 is 17.5 Å². The van der Waals surface area contributed by atoms with E-state index in [1.165, 1.54) is 5.56 Å². The zero-order valence-electron chi connectivity index (χ0n) is 13.3. The standard InChI is InChI=1S/C20H17ClN2O/c1-11-8-13(10-14(21)9-11)17-16-7-6-12-4-2-3-5-15(12)18(16)23-19(17)20(22)24/h2-5,8-10,23H,6-7H2,1H3,(H2,22,24). The molecule has 0 spiro atoms. The number of hydrogen-bond acceptors (Lipinski definition) is 1. The number of amides is 1. The van der Waals surface area contributed by atoms with Crippen LogP contribution in [0.4, 0.5) is 0 Å². The fourth-order valence-corrected chi connectivity index (χ4v) is 3.93. The van der Waals surface area contributed by atoms with Crippen LogP contribution in [0.15, 0.2) is 42.5 Å². The van der Waals surface area contributed by atoms with Gasteiger partial charge in [0.1, 0.15) is 5.69 Å². The lowest BCUT2D eigenvalue weighted by molar-refractivity contribution is 0.0997. The minimum absolute atomic E-state index is 0.450. The Hall–Kier alpha value is -2.52. The maximum atomic E-state index is 12.1. The van der Waals surface area contributed by atoms with E-state index >= 15 is 0 Å². The van der Waals surface area contributed by atoms with Crippen molar-refractivity contribution in [3.8, 4) is 22.4 Å². The second-order valence-electron chi connectivity index (χ2n) is 6.27. The highest BCUT2D eigenvalue weighted by molar-refractivity contribution is 6.31. The maximum absolute atomic E-state index is 12.1. The number of hydrogen-bond donors (Lipinski definition) is 2. The number of aromatic nitrogens is 1. The SMILES string of the molecule is Cc1cc(Cl)cc(-c2c(C(N)=O)[nH]c3c2CCc2ccccc2-3)c1. The zero-order valence-corrected chi connectivity index (χ0v) is 14.1. The maximum Gasteiger partial charge on any atom is 0.265 e. The molecule has 0 radical (unpaired) electrons. The minimum atomic E-state index is -0.450. The number of aromatic amines is 1. The van der Waals surface area contributed by atoms with Crippen molar-refractivity contribution in [1.82, 2.24) is 4.98 Å². The van der Waals surface area contributed by atoms with Gasteiger partial charge in [-0.05, 0) is 54.2 Å². The molecule has 0 atom stereocenters. The molecule has 1 amide bonds. The van der Waals surface area contributed by atoms with E-state index in [-0.39, 0.29) is 0 Å². The lowest BCUT2D eigenvalue weighted by Gasteiger charge is -2.17. The van der Waals surface area contributed by atoms with Crippen LogP contribution in [0.25, 0.3) is 22.4 Å². The summed E-state index contributed by atoms with van der Waals surface area (Å²) in [6.07, 6.45) is 1.82. The smallest absolute Gasteiger partial charge is 0.265 e. The molecular formula is C20H17ClN2O. The Labute approximate surface area is 145 Å². The number of halogens is 1. The highest BCUT2D eigenvalue weighted by Crippen LogP contribution is 2.41. The number of nitrogens with two attached hydrogens (primary N) is 1. The van der Waals surface area contributed by atoms with E-state index in [1.807, 2.05) is 37.3 Å². The van der Waals surface area contributed by atoms with Crippen LogP contribution in [0.2, 0.25) is 5.02 Å². The van der Waals surface area contributed by atoms with Crippen LogP contribution in [0.3, 0.4) is 0 Å². The van der Waals surface area contributed by atoms with Gasteiger partial charge in [0.15, 0.2) is 0 Å². The average Bonchev–Trinajstić information content (AvgIpc) is 2.94. The highest BCUT2D eigenvalue weighted by Gasteiger charge is 2.26. The molecule has 4 rings (SSSR count). The molecule has 3 nitrogen and oxygen atoms in total.